The average Bonchev–Trinajstić information content (AvgIpc) is 2.60. The molecule has 1 rings (SSSR count). The van der Waals surface area contributed by atoms with Crippen molar-refractivity contribution < 1.29 is 62.6 Å². The van der Waals surface area contributed by atoms with E-state index in [-0.39, 0.29) is 6.07 Å². The molecule has 31 heavy (non-hydrogen) atoms. The van der Waals surface area contributed by atoms with Gasteiger partial charge in [-0.3, -0.25) is 9.59 Å². The van der Waals surface area contributed by atoms with Gasteiger partial charge in [-0.2, -0.15) is 48.3 Å². The Hall–Kier alpha value is -1.80. The predicted octanol–water partition coefficient (Wildman–Crippen LogP) is 7.05. The molecular weight excluding hydrogens is 531 g/mol. The average molecular weight is 534 g/mol. The number of allylic oxidation sites excluding steroid dienone is 1. The van der Waals surface area contributed by atoms with Crippen LogP contribution in [-0.4, -0.2) is 34.4 Å². The molecule has 0 aromatic heterocycles. The first-order chi connectivity index (χ1) is 13.7. The maximum atomic E-state index is 13.7. The van der Waals surface area contributed by atoms with Crippen LogP contribution in [0.5, 0.6) is 5.75 Å². The molecule has 3 nitrogen and oxygen atoms in total. The van der Waals surface area contributed by atoms with Crippen molar-refractivity contribution in [2.75, 3.05) is 0 Å². The minimum atomic E-state index is -7.53. The molecule has 0 aliphatic heterocycles. The number of hydrogen-bond donors (Lipinski definition) is 0. The molecule has 0 atom stereocenters. The van der Waals surface area contributed by atoms with E-state index in [0.29, 0.717) is 6.07 Å². The predicted molar refractivity (Wildman–Crippen MR) is 82.6 cm³/mol. The normalized spacial score (nSPS) is 14.3. The minimum absolute atomic E-state index is 0.258. The summed E-state index contributed by atoms with van der Waals surface area (Å²) in [6.45, 7) is 0. The van der Waals surface area contributed by atoms with E-state index in [1.807, 2.05) is 0 Å². The maximum absolute atomic E-state index is 13.7. The molecule has 0 fully saturated rings. The third kappa shape index (κ3) is 4.85. The molecule has 17 heteroatoms. The highest BCUT2D eigenvalue weighted by Gasteiger charge is 2.83. The Bertz CT molecular complexity index is 941. The van der Waals surface area contributed by atoms with E-state index >= 15 is 0 Å². The molecule has 0 amide bonds. The zero-order valence-corrected chi connectivity index (χ0v) is 15.9. The molecule has 0 saturated heterocycles. The van der Waals surface area contributed by atoms with Crippen LogP contribution in [0.2, 0.25) is 5.02 Å². The van der Waals surface area contributed by atoms with Gasteiger partial charge in [0.2, 0.25) is 5.83 Å². The lowest BCUT2D eigenvalue weighted by molar-refractivity contribution is -0.392. The Morgan fingerprint density at radius 2 is 1.29 bits per heavy atom. The molecule has 0 heterocycles. The van der Waals surface area contributed by atoms with Crippen LogP contribution in [0.4, 0.5) is 48.3 Å². The molecule has 0 bridgehead atoms. The van der Waals surface area contributed by atoms with Crippen molar-refractivity contribution >= 4 is 45.3 Å². The van der Waals surface area contributed by atoms with Gasteiger partial charge in [0.15, 0.2) is 5.75 Å². The zero-order chi connectivity index (χ0) is 24.7. The maximum Gasteiger partial charge on any atom is 0.460 e. The third-order valence-corrected chi connectivity index (χ3v) is 4.08. The Balaban J connectivity index is 3.58. The van der Waals surface area contributed by atoms with Crippen LogP contribution >= 0.6 is 34.8 Å². The molecular formula is C14H2Cl3F11O3. The van der Waals surface area contributed by atoms with E-state index < -0.39 is 68.2 Å². The monoisotopic (exact) mass is 532 g/mol. The number of alkyl halides is 9. The topological polar surface area (TPSA) is 43.4 Å². The van der Waals surface area contributed by atoms with Gasteiger partial charge in [-0.1, -0.05) is 11.6 Å². The van der Waals surface area contributed by atoms with E-state index in [9.17, 15) is 57.9 Å². The van der Waals surface area contributed by atoms with Crippen LogP contribution in [0, 0.1) is 0 Å². The molecule has 174 valence electrons. The second kappa shape index (κ2) is 8.62. The number of carbonyl (C=O) groups excluding carboxylic acids is 2. The van der Waals surface area contributed by atoms with Gasteiger partial charge in [0.1, 0.15) is 0 Å². The number of hydrogen-bond acceptors (Lipinski definition) is 3. The number of ether oxygens (including phenoxy) is 1. The van der Waals surface area contributed by atoms with Crippen LogP contribution in [0.3, 0.4) is 0 Å². The Morgan fingerprint density at radius 1 is 0.806 bits per heavy atom. The van der Waals surface area contributed by atoms with Gasteiger partial charge in [-0.15, -0.1) is 0 Å². The van der Waals surface area contributed by atoms with Gasteiger partial charge in [0, 0.05) is 5.56 Å². The van der Waals surface area contributed by atoms with Crippen molar-refractivity contribution in [2.24, 2.45) is 0 Å². The summed E-state index contributed by atoms with van der Waals surface area (Å²) < 4.78 is 146. The summed E-state index contributed by atoms with van der Waals surface area (Å²) in [6.07, 6.45) is -7.29. The third-order valence-electron chi connectivity index (χ3n) is 3.27. The smallest absolute Gasteiger partial charge is 0.428 e. The van der Waals surface area contributed by atoms with Gasteiger partial charge in [0.05, 0.1) is 10.6 Å². The van der Waals surface area contributed by atoms with E-state index in [1.54, 1.807) is 0 Å². The molecule has 0 aliphatic rings. The molecule has 0 N–H and O–H groups in total. The fourth-order valence-electron chi connectivity index (χ4n) is 1.71. The molecule has 0 saturated carbocycles. The highest BCUT2D eigenvalue weighted by Crippen LogP contribution is 2.55. The van der Waals surface area contributed by atoms with Crippen LogP contribution in [-0.2, 0) is 0 Å². The minimum Gasteiger partial charge on any atom is -0.428 e. The lowest BCUT2D eigenvalue weighted by Gasteiger charge is -2.32. The molecule has 1 aromatic rings. The first-order valence-corrected chi connectivity index (χ1v) is 8.00. The summed E-state index contributed by atoms with van der Waals surface area (Å²) in [7, 11) is 0. The first-order valence-electron chi connectivity index (χ1n) is 6.87. The van der Waals surface area contributed by atoms with E-state index in [2.05, 4.69) is 4.74 Å². The lowest BCUT2D eigenvalue weighted by atomic mass is 10.0. The van der Waals surface area contributed by atoms with Gasteiger partial charge in [-0.05, 0) is 35.3 Å². The quantitative estimate of drug-likeness (QED) is 0.214. The number of benzene rings is 1. The summed E-state index contributed by atoms with van der Waals surface area (Å²) in [6, 6.07) is -2.64. The van der Waals surface area contributed by atoms with Crippen LogP contribution in [0.1, 0.15) is 20.7 Å². The summed E-state index contributed by atoms with van der Waals surface area (Å²) in [5, 5.41) is -4.06. The molecule has 0 unspecified atom stereocenters. The summed E-state index contributed by atoms with van der Waals surface area (Å²) in [4.78, 5) is 22.3. The second-order valence-electron chi connectivity index (χ2n) is 5.29. The molecule has 1 aromatic carbocycles. The highest BCUT2D eigenvalue weighted by molar-refractivity contribution is 6.70. The largest absolute Gasteiger partial charge is 0.460 e. The van der Waals surface area contributed by atoms with Crippen molar-refractivity contribution in [3.05, 3.63) is 40.1 Å². The van der Waals surface area contributed by atoms with Gasteiger partial charge >= 0.3 is 30.0 Å². The van der Waals surface area contributed by atoms with E-state index in [0.717, 1.165) is 0 Å². The van der Waals surface area contributed by atoms with Gasteiger partial charge in [-0.25, -0.2) is 0 Å². The van der Waals surface area contributed by atoms with Crippen molar-refractivity contribution in [1.29, 1.82) is 0 Å². The van der Waals surface area contributed by atoms with Crippen LogP contribution < -0.4 is 4.74 Å². The van der Waals surface area contributed by atoms with E-state index in [4.69, 9.17) is 34.8 Å². The second-order valence-corrected chi connectivity index (χ2v) is 6.36. The SMILES string of the molecule is O=C(Cl)c1cc(OC(F)=C(F)C(F)(F)C(F)(F)C(F)(F)C(F)(F)F)c(Cl)c(C(=O)Cl)c1. The Morgan fingerprint density at radius 3 is 1.68 bits per heavy atom. The highest BCUT2D eigenvalue weighted by atomic mass is 35.5. The fraction of sp³-hybridized carbons (Fsp3) is 0.286. The Labute approximate surface area is 178 Å². The van der Waals surface area contributed by atoms with Crippen LogP contribution in [0.25, 0.3) is 0 Å². The summed E-state index contributed by atoms with van der Waals surface area (Å²) in [5.41, 5.74) is -1.72. The van der Waals surface area contributed by atoms with Gasteiger partial charge < -0.3 is 4.74 Å². The van der Waals surface area contributed by atoms with Crippen molar-refractivity contribution in [2.45, 2.75) is 23.9 Å². The molecule has 0 aliphatic carbocycles. The number of halogens is 14. The standard InChI is InChI=1S/C14H2Cl3F11O3/c15-6-4(9(17)30)1-3(8(16)29)2-5(6)31-10(19)7(18)11(20,21)12(22,23)13(24,25)14(26,27)28/h1-2H. The van der Waals surface area contributed by atoms with Gasteiger partial charge in [0.25, 0.3) is 10.5 Å². The van der Waals surface area contributed by atoms with Crippen molar-refractivity contribution in [3.8, 4) is 5.75 Å². The number of carbonyl (C=O) groups is 2. The van der Waals surface area contributed by atoms with Crippen molar-refractivity contribution in [3.63, 3.8) is 0 Å². The lowest BCUT2D eigenvalue weighted by Crippen LogP contribution is -2.61. The van der Waals surface area contributed by atoms with E-state index in [1.165, 1.54) is 0 Å². The summed E-state index contributed by atoms with van der Waals surface area (Å²) >= 11 is 15.6. The Kier molecular flexibility index (Phi) is 7.57. The molecule has 0 radical (unpaired) electrons. The zero-order valence-electron chi connectivity index (χ0n) is 13.7. The molecule has 0 spiro atoms. The first kappa shape index (κ1) is 27.2. The fourth-order valence-corrected chi connectivity index (χ4v) is 2.25. The van der Waals surface area contributed by atoms with Crippen molar-refractivity contribution in [1.82, 2.24) is 0 Å². The van der Waals surface area contributed by atoms with Crippen LogP contribution in [0.15, 0.2) is 24.0 Å². The summed E-state index contributed by atoms with van der Waals surface area (Å²) in [5.74, 6) is -27.8. The number of rotatable bonds is 7.